The van der Waals surface area contributed by atoms with Gasteiger partial charge in [0.05, 0.1) is 34.6 Å². The summed E-state index contributed by atoms with van der Waals surface area (Å²) in [7, 11) is 0. The van der Waals surface area contributed by atoms with Gasteiger partial charge >= 0.3 is 0 Å². The molecular formula is C34H19N3S. The van der Waals surface area contributed by atoms with E-state index < -0.39 is 0 Å². The summed E-state index contributed by atoms with van der Waals surface area (Å²) in [5, 5.41) is 25.9. The first-order valence-electron chi connectivity index (χ1n) is 12.3. The highest BCUT2D eigenvalue weighted by Crippen LogP contribution is 2.45. The molecule has 7 rings (SSSR count). The quantitative estimate of drug-likeness (QED) is 0.242. The van der Waals surface area contributed by atoms with Gasteiger partial charge in [-0.05, 0) is 48.5 Å². The van der Waals surface area contributed by atoms with E-state index in [2.05, 4.69) is 71.6 Å². The molecule has 6 aromatic carbocycles. The van der Waals surface area contributed by atoms with Crippen molar-refractivity contribution in [3.05, 3.63) is 126 Å². The fourth-order valence-corrected chi connectivity index (χ4v) is 6.50. The SMILES string of the molecule is N#Cc1ccc(N(c2ccc3sc4ccccc4c3c2)c2ccc(C#N)c3ccccc23)c2ccccc12. The molecule has 0 saturated carbocycles. The molecule has 0 saturated heterocycles. The molecular weight excluding hydrogens is 482 g/mol. The fourth-order valence-electron chi connectivity index (χ4n) is 5.41. The molecule has 176 valence electrons. The number of nitriles is 2. The molecule has 0 amide bonds. The maximum Gasteiger partial charge on any atom is 0.0998 e. The average Bonchev–Trinajstić information content (AvgIpc) is 3.35. The predicted octanol–water partition coefficient (Wildman–Crippen LogP) is 9.57. The summed E-state index contributed by atoms with van der Waals surface area (Å²) in [5.74, 6) is 0. The van der Waals surface area contributed by atoms with Gasteiger partial charge < -0.3 is 4.90 Å². The van der Waals surface area contributed by atoms with Crippen LogP contribution in [0.15, 0.2) is 115 Å². The molecule has 1 heterocycles. The number of rotatable bonds is 3. The normalized spacial score (nSPS) is 11.1. The molecule has 0 aliphatic carbocycles. The average molecular weight is 502 g/mol. The molecule has 0 spiro atoms. The van der Waals surface area contributed by atoms with Crippen LogP contribution in [0, 0.1) is 22.7 Å². The van der Waals surface area contributed by atoms with Crippen LogP contribution < -0.4 is 4.90 Å². The second-order valence-electron chi connectivity index (χ2n) is 9.19. The van der Waals surface area contributed by atoms with Crippen LogP contribution in [0.3, 0.4) is 0 Å². The predicted molar refractivity (Wildman–Crippen MR) is 158 cm³/mol. The van der Waals surface area contributed by atoms with Gasteiger partial charge in [0.25, 0.3) is 0 Å². The lowest BCUT2D eigenvalue weighted by atomic mass is 9.99. The molecule has 3 nitrogen and oxygen atoms in total. The van der Waals surface area contributed by atoms with E-state index in [-0.39, 0.29) is 0 Å². The molecule has 0 unspecified atom stereocenters. The van der Waals surface area contributed by atoms with Gasteiger partial charge in [-0.2, -0.15) is 10.5 Å². The Balaban J connectivity index is 1.59. The van der Waals surface area contributed by atoms with E-state index >= 15 is 0 Å². The second-order valence-corrected chi connectivity index (χ2v) is 10.3. The highest BCUT2D eigenvalue weighted by molar-refractivity contribution is 7.25. The number of thiophene rings is 1. The van der Waals surface area contributed by atoms with Crippen molar-refractivity contribution in [1.29, 1.82) is 10.5 Å². The van der Waals surface area contributed by atoms with Crippen molar-refractivity contribution in [2.75, 3.05) is 4.90 Å². The van der Waals surface area contributed by atoms with E-state index in [1.165, 1.54) is 20.2 Å². The van der Waals surface area contributed by atoms with Crippen molar-refractivity contribution in [2.45, 2.75) is 0 Å². The highest BCUT2D eigenvalue weighted by atomic mass is 32.1. The first-order chi connectivity index (χ1) is 18.8. The van der Waals surface area contributed by atoms with Gasteiger partial charge in [0.1, 0.15) is 0 Å². The zero-order valence-electron chi connectivity index (χ0n) is 20.2. The van der Waals surface area contributed by atoms with Crippen molar-refractivity contribution in [3.63, 3.8) is 0 Å². The van der Waals surface area contributed by atoms with Crippen molar-refractivity contribution < 1.29 is 0 Å². The van der Waals surface area contributed by atoms with Crippen LogP contribution in [0.5, 0.6) is 0 Å². The molecule has 0 aliphatic heterocycles. The first kappa shape index (κ1) is 22.1. The van der Waals surface area contributed by atoms with E-state index in [0.717, 1.165) is 38.6 Å². The minimum absolute atomic E-state index is 0.647. The van der Waals surface area contributed by atoms with Crippen LogP contribution >= 0.6 is 11.3 Å². The zero-order valence-corrected chi connectivity index (χ0v) is 21.0. The van der Waals surface area contributed by atoms with Crippen LogP contribution in [-0.2, 0) is 0 Å². The number of anilines is 3. The standard InChI is InChI=1S/C34H19N3S/c35-20-22-13-16-31(27-9-3-1-7-25(22)27)37(32-17-14-23(21-36)26-8-2-4-10-28(26)32)24-15-18-34-30(19-24)29-11-5-6-12-33(29)38-34/h1-19H. The van der Waals surface area contributed by atoms with E-state index in [1.54, 1.807) is 11.3 Å². The van der Waals surface area contributed by atoms with Gasteiger partial charge in [0, 0.05) is 47.4 Å². The van der Waals surface area contributed by atoms with Gasteiger partial charge in [0.15, 0.2) is 0 Å². The largest absolute Gasteiger partial charge is 0.309 e. The summed E-state index contributed by atoms with van der Waals surface area (Å²) in [5.41, 5.74) is 4.27. The second kappa shape index (κ2) is 8.75. The Bertz CT molecular complexity index is 2030. The minimum Gasteiger partial charge on any atom is -0.309 e. The maximum atomic E-state index is 9.80. The van der Waals surface area contributed by atoms with Crippen molar-refractivity contribution >= 4 is 70.1 Å². The van der Waals surface area contributed by atoms with E-state index in [4.69, 9.17) is 0 Å². The summed E-state index contributed by atoms with van der Waals surface area (Å²) in [4.78, 5) is 2.26. The number of benzene rings is 6. The van der Waals surface area contributed by atoms with Gasteiger partial charge in [-0.3, -0.25) is 0 Å². The molecule has 7 aromatic rings. The topological polar surface area (TPSA) is 50.8 Å². The number of nitrogens with zero attached hydrogens (tertiary/aromatic N) is 3. The fraction of sp³-hybridized carbons (Fsp3) is 0. The highest BCUT2D eigenvalue weighted by Gasteiger charge is 2.20. The molecule has 1 aromatic heterocycles. The Labute approximate surface area is 223 Å². The molecule has 0 radical (unpaired) electrons. The van der Waals surface area contributed by atoms with Crippen molar-refractivity contribution in [1.82, 2.24) is 0 Å². The van der Waals surface area contributed by atoms with Crippen molar-refractivity contribution in [2.24, 2.45) is 0 Å². The molecule has 0 atom stereocenters. The minimum atomic E-state index is 0.647. The number of hydrogen-bond donors (Lipinski definition) is 0. The Hall–Kier alpha value is -5.16. The van der Waals surface area contributed by atoms with Gasteiger partial charge in [-0.15, -0.1) is 11.3 Å². The summed E-state index contributed by atoms with van der Waals surface area (Å²) in [6.45, 7) is 0. The smallest absolute Gasteiger partial charge is 0.0998 e. The lowest BCUT2D eigenvalue weighted by Gasteiger charge is -2.28. The Morgan fingerprint density at radius 2 is 0.974 bits per heavy atom. The third-order valence-corrected chi connectivity index (χ3v) is 8.30. The van der Waals surface area contributed by atoms with Crippen LogP contribution in [-0.4, -0.2) is 0 Å². The zero-order chi connectivity index (χ0) is 25.6. The first-order valence-corrected chi connectivity index (χ1v) is 13.1. The molecule has 38 heavy (non-hydrogen) atoms. The molecule has 4 heteroatoms. The van der Waals surface area contributed by atoms with Crippen LogP contribution in [0.1, 0.15) is 11.1 Å². The summed E-state index contributed by atoms with van der Waals surface area (Å²) in [6.07, 6.45) is 0. The molecule has 0 N–H and O–H groups in total. The van der Waals surface area contributed by atoms with Crippen molar-refractivity contribution in [3.8, 4) is 12.1 Å². The van der Waals surface area contributed by atoms with Crippen LogP contribution in [0.2, 0.25) is 0 Å². The van der Waals surface area contributed by atoms with E-state index in [1.807, 2.05) is 60.7 Å². The lowest BCUT2D eigenvalue weighted by molar-refractivity contribution is 1.32. The lowest BCUT2D eigenvalue weighted by Crippen LogP contribution is -2.11. The van der Waals surface area contributed by atoms with Crippen LogP contribution in [0.25, 0.3) is 41.7 Å². The summed E-state index contributed by atoms with van der Waals surface area (Å²) in [6, 6.07) is 43.8. The Kier molecular flexibility index (Phi) is 5.08. The molecule has 0 bridgehead atoms. The van der Waals surface area contributed by atoms with Gasteiger partial charge in [-0.1, -0.05) is 66.7 Å². The monoisotopic (exact) mass is 501 g/mol. The third kappa shape index (κ3) is 3.33. The van der Waals surface area contributed by atoms with Gasteiger partial charge in [0.2, 0.25) is 0 Å². The van der Waals surface area contributed by atoms with E-state index in [0.29, 0.717) is 11.1 Å². The van der Waals surface area contributed by atoms with E-state index in [9.17, 15) is 10.5 Å². The Morgan fingerprint density at radius 1 is 0.474 bits per heavy atom. The maximum absolute atomic E-state index is 9.80. The number of hydrogen-bond acceptors (Lipinski definition) is 4. The third-order valence-electron chi connectivity index (χ3n) is 7.14. The summed E-state index contributed by atoms with van der Waals surface area (Å²) < 4.78 is 2.50. The summed E-state index contributed by atoms with van der Waals surface area (Å²) >= 11 is 1.80. The van der Waals surface area contributed by atoms with Gasteiger partial charge in [-0.25, -0.2) is 0 Å². The number of fused-ring (bicyclic) bond motifs is 5. The molecule has 0 fully saturated rings. The van der Waals surface area contributed by atoms with Crippen LogP contribution in [0.4, 0.5) is 17.1 Å². The molecule has 0 aliphatic rings. The Morgan fingerprint density at radius 3 is 1.55 bits per heavy atom.